The molecule has 1 saturated carbocycles. The van der Waals surface area contributed by atoms with Crippen molar-refractivity contribution < 1.29 is 9.18 Å². The number of ketones is 1. The molecule has 2 N–H and O–H groups in total. The summed E-state index contributed by atoms with van der Waals surface area (Å²) in [6.45, 7) is 2.24. The Labute approximate surface area is 101 Å². The summed E-state index contributed by atoms with van der Waals surface area (Å²) in [4.78, 5) is 12.3. The molecule has 0 radical (unpaired) electrons. The van der Waals surface area contributed by atoms with E-state index >= 15 is 0 Å². The molecule has 0 saturated heterocycles. The van der Waals surface area contributed by atoms with E-state index in [1.165, 1.54) is 6.07 Å². The molecular formula is C14H18FNO. The molecule has 17 heavy (non-hydrogen) atoms. The molecule has 2 atom stereocenters. The fourth-order valence-corrected chi connectivity index (χ4v) is 2.62. The van der Waals surface area contributed by atoms with Crippen molar-refractivity contribution in [1.29, 1.82) is 0 Å². The molecule has 0 bridgehead atoms. The lowest BCUT2D eigenvalue weighted by molar-refractivity contribution is 0.0893. The molecule has 92 valence electrons. The molecule has 2 unspecified atom stereocenters. The van der Waals surface area contributed by atoms with Crippen LogP contribution in [0.25, 0.3) is 0 Å². The quantitative estimate of drug-likeness (QED) is 0.818. The maximum Gasteiger partial charge on any atom is 0.166 e. The van der Waals surface area contributed by atoms with Crippen LogP contribution in [-0.2, 0) is 0 Å². The molecule has 0 heterocycles. The maximum atomic E-state index is 13.4. The third-order valence-corrected chi connectivity index (χ3v) is 3.75. The summed E-state index contributed by atoms with van der Waals surface area (Å²) >= 11 is 0. The van der Waals surface area contributed by atoms with Gasteiger partial charge in [-0.25, -0.2) is 4.39 Å². The van der Waals surface area contributed by atoms with Crippen LogP contribution < -0.4 is 5.73 Å². The van der Waals surface area contributed by atoms with Crippen molar-refractivity contribution in [2.24, 2.45) is 17.6 Å². The van der Waals surface area contributed by atoms with E-state index in [4.69, 9.17) is 5.73 Å². The number of hydrogen-bond acceptors (Lipinski definition) is 2. The molecule has 1 aliphatic carbocycles. The Balaban J connectivity index is 2.21. The monoisotopic (exact) mass is 235 g/mol. The molecule has 1 aromatic carbocycles. The van der Waals surface area contributed by atoms with Gasteiger partial charge >= 0.3 is 0 Å². The largest absolute Gasteiger partial charge is 0.330 e. The first-order valence-corrected chi connectivity index (χ1v) is 6.14. The first-order chi connectivity index (χ1) is 8.13. The second kappa shape index (κ2) is 4.96. The number of aryl methyl sites for hydroxylation is 1. The topological polar surface area (TPSA) is 43.1 Å². The lowest BCUT2D eigenvalue weighted by Crippen LogP contribution is -2.25. The standard InChI is InChI=1S/C14H18FNO/c1-9-5-6-10(7-13(9)15)14(17)12-4-2-3-11(12)8-16/h5-7,11-12H,2-4,8,16H2,1H3. The summed E-state index contributed by atoms with van der Waals surface area (Å²) in [5.41, 5.74) is 6.73. The van der Waals surface area contributed by atoms with Crippen molar-refractivity contribution in [1.82, 2.24) is 0 Å². The highest BCUT2D eigenvalue weighted by molar-refractivity contribution is 5.98. The highest BCUT2D eigenvalue weighted by atomic mass is 19.1. The number of carbonyl (C=O) groups is 1. The van der Waals surface area contributed by atoms with E-state index in [1.54, 1.807) is 19.1 Å². The van der Waals surface area contributed by atoms with E-state index in [2.05, 4.69) is 0 Å². The van der Waals surface area contributed by atoms with Gasteiger partial charge < -0.3 is 5.73 Å². The molecule has 2 rings (SSSR count). The first kappa shape index (κ1) is 12.2. The normalized spacial score (nSPS) is 23.9. The van der Waals surface area contributed by atoms with Crippen LogP contribution in [-0.4, -0.2) is 12.3 Å². The van der Waals surface area contributed by atoms with E-state index in [-0.39, 0.29) is 23.4 Å². The fourth-order valence-electron chi connectivity index (χ4n) is 2.62. The van der Waals surface area contributed by atoms with Gasteiger partial charge in [-0.1, -0.05) is 18.6 Å². The maximum absolute atomic E-state index is 13.4. The van der Waals surface area contributed by atoms with Gasteiger partial charge in [0, 0.05) is 11.5 Å². The smallest absolute Gasteiger partial charge is 0.166 e. The molecule has 2 nitrogen and oxygen atoms in total. The zero-order chi connectivity index (χ0) is 12.4. The predicted octanol–water partition coefficient (Wildman–Crippen LogP) is 2.69. The van der Waals surface area contributed by atoms with Gasteiger partial charge in [0.05, 0.1) is 0 Å². The molecular weight excluding hydrogens is 217 g/mol. The summed E-state index contributed by atoms with van der Waals surface area (Å²) in [5, 5.41) is 0. The average Bonchev–Trinajstić information content (AvgIpc) is 2.80. The summed E-state index contributed by atoms with van der Waals surface area (Å²) in [5.74, 6) is 0.00367. The summed E-state index contributed by atoms with van der Waals surface area (Å²) in [6.07, 6.45) is 2.95. The van der Waals surface area contributed by atoms with Crippen LogP contribution in [0.2, 0.25) is 0 Å². The van der Waals surface area contributed by atoms with Crippen LogP contribution in [0.4, 0.5) is 4.39 Å². The van der Waals surface area contributed by atoms with Crippen LogP contribution in [0.5, 0.6) is 0 Å². The molecule has 0 aliphatic heterocycles. The van der Waals surface area contributed by atoms with Crippen LogP contribution >= 0.6 is 0 Å². The summed E-state index contributed by atoms with van der Waals surface area (Å²) in [7, 11) is 0. The van der Waals surface area contributed by atoms with Gasteiger partial charge in [-0.05, 0) is 43.9 Å². The van der Waals surface area contributed by atoms with Gasteiger partial charge in [0.2, 0.25) is 0 Å². The Bertz CT molecular complexity index is 430. The van der Waals surface area contributed by atoms with E-state index < -0.39 is 0 Å². The van der Waals surface area contributed by atoms with Gasteiger partial charge in [-0.2, -0.15) is 0 Å². The number of hydrogen-bond donors (Lipinski definition) is 1. The number of halogens is 1. The second-order valence-electron chi connectivity index (χ2n) is 4.86. The van der Waals surface area contributed by atoms with E-state index in [0.717, 1.165) is 19.3 Å². The molecule has 0 amide bonds. The zero-order valence-electron chi connectivity index (χ0n) is 10.1. The van der Waals surface area contributed by atoms with Crippen molar-refractivity contribution in [3.63, 3.8) is 0 Å². The Hall–Kier alpha value is -1.22. The van der Waals surface area contributed by atoms with Crippen molar-refractivity contribution >= 4 is 5.78 Å². The molecule has 0 aromatic heterocycles. The number of Topliss-reactive ketones (excluding diaryl/α,β-unsaturated/α-hetero) is 1. The van der Waals surface area contributed by atoms with E-state index in [9.17, 15) is 9.18 Å². The molecule has 3 heteroatoms. The van der Waals surface area contributed by atoms with E-state index in [1.807, 2.05) is 0 Å². The number of carbonyl (C=O) groups excluding carboxylic acids is 1. The second-order valence-corrected chi connectivity index (χ2v) is 4.86. The highest BCUT2D eigenvalue weighted by Gasteiger charge is 2.32. The Kier molecular flexibility index (Phi) is 3.57. The summed E-state index contributed by atoms with van der Waals surface area (Å²) in [6, 6.07) is 4.73. The van der Waals surface area contributed by atoms with Crippen LogP contribution in [0.15, 0.2) is 18.2 Å². The Morgan fingerprint density at radius 3 is 2.88 bits per heavy atom. The minimum atomic E-state index is -0.307. The minimum Gasteiger partial charge on any atom is -0.330 e. The third kappa shape index (κ3) is 2.39. The SMILES string of the molecule is Cc1ccc(C(=O)C2CCCC2CN)cc1F. The number of rotatable bonds is 3. The van der Waals surface area contributed by atoms with Gasteiger partial charge in [-0.3, -0.25) is 4.79 Å². The lowest BCUT2D eigenvalue weighted by atomic mass is 9.88. The van der Waals surface area contributed by atoms with Gasteiger partial charge in [-0.15, -0.1) is 0 Å². The zero-order valence-corrected chi connectivity index (χ0v) is 10.1. The van der Waals surface area contributed by atoms with Crippen LogP contribution in [0, 0.1) is 24.6 Å². The van der Waals surface area contributed by atoms with Crippen molar-refractivity contribution in [2.45, 2.75) is 26.2 Å². The fraction of sp³-hybridized carbons (Fsp3) is 0.500. The molecule has 1 fully saturated rings. The molecule has 0 spiro atoms. The van der Waals surface area contributed by atoms with Crippen LogP contribution in [0.1, 0.15) is 35.2 Å². The highest BCUT2D eigenvalue weighted by Crippen LogP contribution is 2.33. The van der Waals surface area contributed by atoms with E-state index in [0.29, 0.717) is 17.7 Å². The van der Waals surface area contributed by atoms with Crippen molar-refractivity contribution in [3.05, 3.63) is 35.1 Å². The summed E-state index contributed by atoms with van der Waals surface area (Å²) < 4.78 is 13.4. The third-order valence-electron chi connectivity index (χ3n) is 3.75. The molecule has 1 aliphatic rings. The molecule has 1 aromatic rings. The van der Waals surface area contributed by atoms with Gasteiger partial charge in [0.15, 0.2) is 5.78 Å². The average molecular weight is 235 g/mol. The Morgan fingerprint density at radius 2 is 2.24 bits per heavy atom. The number of nitrogens with two attached hydrogens (primary N) is 1. The Morgan fingerprint density at radius 1 is 1.47 bits per heavy atom. The minimum absolute atomic E-state index is 0.0119. The first-order valence-electron chi connectivity index (χ1n) is 6.14. The van der Waals surface area contributed by atoms with Crippen molar-refractivity contribution in [3.8, 4) is 0 Å². The lowest BCUT2D eigenvalue weighted by Gasteiger charge is -2.16. The van der Waals surface area contributed by atoms with Gasteiger partial charge in [0.25, 0.3) is 0 Å². The van der Waals surface area contributed by atoms with Gasteiger partial charge in [0.1, 0.15) is 5.82 Å². The predicted molar refractivity (Wildman–Crippen MR) is 65.4 cm³/mol. The van der Waals surface area contributed by atoms with Crippen LogP contribution in [0.3, 0.4) is 0 Å². The van der Waals surface area contributed by atoms with Crippen molar-refractivity contribution in [2.75, 3.05) is 6.54 Å². The number of benzene rings is 1.